The van der Waals surface area contributed by atoms with Crippen molar-refractivity contribution in [3.63, 3.8) is 0 Å². The van der Waals surface area contributed by atoms with Crippen LogP contribution in [-0.4, -0.2) is 17.3 Å². The van der Waals surface area contributed by atoms with Crippen LogP contribution < -0.4 is 5.32 Å². The van der Waals surface area contributed by atoms with Gasteiger partial charge in [-0.2, -0.15) is 5.26 Å². The quantitative estimate of drug-likeness (QED) is 0.790. The second-order valence-electron chi connectivity index (χ2n) is 3.84. The summed E-state index contributed by atoms with van der Waals surface area (Å²) < 4.78 is 13.2. The normalized spacial score (nSPS) is 16.9. The molecule has 2 N–H and O–H groups in total. The summed E-state index contributed by atoms with van der Waals surface area (Å²) in [4.78, 5) is 0. The summed E-state index contributed by atoms with van der Waals surface area (Å²) >= 11 is 0. The van der Waals surface area contributed by atoms with Crippen LogP contribution in [0.25, 0.3) is 0 Å². The van der Waals surface area contributed by atoms with Gasteiger partial charge in [0.25, 0.3) is 0 Å². The fourth-order valence-corrected chi connectivity index (χ4v) is 1.50. The van der Waals surface area contributed by atoms with E-state index in [0.29, 0.717) is 5.69 Å². The van der Waals surface area contributed by atoms with Gasteiger partial charge in [-0.15, -0.1) is 0 Å². The maximum absolute atomic E-state index is 13.2. The van der Waals surface area contributed by atoms with E-state index in [1.807, 2.05) is 6.07 Å². The average Bonchev–Trinajstić information content (AvgIpc) is 2.99. The molecule has 1 aromatic carbocycles. The highest BCUT2D eigenvalue weighted by Gasteiger charge is 2.42. The Kier molecular flexibility index (Phi) is 2.33. The van der Waals surface area contributed by atoms with Gasteiger partial charge in [-0.3, -0.25) is 0 Å². The highest BCUT2D eigenvalue weighted by atomic mass is 19.1. The van der Waals surface area contributed by atoms with E-state index >= 15 is 0 Å². The first-order valence-corrected chi connectivity index (χ1v) is 4.78. The topological polar surface area (TPSA) is 56.0 Å². The molecule has 0 spiro atoms. The molecule has 0 heterocycles. The molecule has 0 amide bonds. The monoisotopic (exact) mass is 206 g/mol. The van der Waals surface area contributed by atoms with Crippen molar-refractivity contribution in [3.8, 4) is 6.07 Å². The Hall–Kier alpha value is -1.60. The SMILES string of the molecule is N#Cc1c(F)cccc1NC1(CO)CC1. The second-order valence-corrected chi connectivity index (χ2v) is 3.84. The van der Waals surface area contributed by atoms with E-state index in [1.54, 1.807) is 12.1 Å². The van der Waals surface area contributed by atoms with Crippen LogP contribution >= 0.6 is 0 Å². The predicted molar refractivity (Wildman–Crippen MR) is 53.8 cm³/mol. The van der Waals surface area contributed by atoms with Crippen LogP contribution in [0.5, 0.6) is 0 Å². The lowest BCUT2D eigenvalue weighted by molar-refractivity contribution is 0.266. The first-order chi connectivity index (χ1) is 7.21. The first kappa shape index (κ1) is 9.94. The van der Waals surface area contributed by atoms with Gasteiger partial charge >= 0.3 is 0 Å². The molecular formula is C11H11FN2O. The molecule has 1 saturated carbocycles. The van der Waals surface area contributed by atoms with Crippen LogP contribution in [0, 0.1) is 17.1 Å². The van der Waals surface area contributed by atoms with Gasteiger partial charge in [0.05, 0.1) is 17.8 Å². The van der Waals surface area contributed by atoms with Gasteiger partial charge in [0.1, 0.15) is 17.4 Å². The van der Waals surface area contributed by atoms with Gasteiger partial charge in [-0.25, -0.2) is 4.39 Å². The lowest BCUT2D eigenvalue weighted by Gasteiger charge is -2.16. The predicted octanol–water partition coefficient (Wildman–Crippen LogP) is 1.63. The molecule has 0 aromatic heterocycles. The lowest BCUT2D eigenvalue weighted by Crippen LogP contribution is -2.26. The number of hydrogen-bond acceptors (Lipinski definition) is 3. The van der Waals surface area contributed by atoms with Crippen LogP contribution in [0.2, 0.25) is 0 Å². The van der Waals surface area contributed by atoms with E-state index in [9.17, 15) is 4.39 Å². The number of halogens is 1. The molecule has 1 aromatic rings. The van der Waals surface area contributed by atoms with Crippen molar-refractivity contribution in [2.24, 2.45) is 0 Å². The molecule has 1 aliphatic rings. The third-order valence-corrected chi connectivity index (χ3v) is 2.68. The summed E-state index contributed by atoms with van der Waals surface area (Å²) in [5, 5.41) is 20.9. The van der Waals surface area contributed by atoms with Crippen molar-refractivity contribution in [2.45, 2.75) is 18.4 Å². The molecule has 0 bridgehead atoms. The smallest absolute Gasteiger partial charge is 0.143 e. The van der Waals surface area contributed by atoms with Crippen LogP contribution in [0.4, 0.5) is 10.1 Å². The van der Waals surface area contributed by atoms with Gasteiger partial charge in [0, 0.05) is 0 Å². The van der Waals surface area contributed by atoms with Gasteiger partial charge in [-0.1, -0.05) is 6.07 Å². The molecule has 78 valence electrons. The van der Waals surface area contributed by atoms with Crippen LogP contribution in [-0.2, 0) is 0 Å². The fourth-order valence-electron chi connectivity index (χ4n) is 1.50. The van der Waals surface area contributed by atoms with Crippen LogP contribution in [0.1, 0.15) is 18.4 Å². The van der Waals surface area contributed by atoms with Gasteiger partial charge in [-0.05, 0) is 25.0 Å². The van der Waals surface area contributed by atoms with Crippen molar-refractivity contribution in [1.82, 2.24) is 0 Å². The zero-order valence-electron chi connectivity index (χ0n) is 8.13. The number of anilines is 1. The number of hydrogen-bond donors (Lipinski definition) is 2. The molecular weight excluding hydrogens is 195 g/mol. The summed E-state index contributed by atoms with van der Waals surface area (Å²) in [5.74, 6) is -0.531. The molecule has 0 aliphatic heterocycles. The van der Waals surface area contributed by atoms with Gasteiger partial charge in [0.15, 0.2) is 0 Å². The molecule has 15 heavy (non-hydrogen) atoms. The summed E-state index contributed by atoms with van der Waals surface area (Å²) in [5.41, 5.74) is 0.139. The first-order valence-electron chi connectivity index (χ1n) is 4.78. The number of nitriles is 1. The largest absolute Gasteiger partial charge is 0.394 e. The Balaban J connectivity index is 2.29. The summed E-state index contributed by atoms with van der Waals surface area (Å²) in [6.07, 6.45) is 1.70. The number of aliphatic hydroxyl groups excluding tert-OH is 1. The van der Waals surface area contributed by atoms with Crippen LogP contribution in [0.3, 0.4) is 0 Å². The molecule has 1 fully saturated rings. The minimum absolute atomic E-state index is 0.00832. The van der Waals surface area contributed by atoms with E-state index in [2.05, 4.69) is 5.32 Å². The van der Waals surface area contributed by atoms with Gasteiger partial charge < -0.3 is 10.4 Å². The molecule has 0 radical (unpaired) electrons. The standard InChI is InChI=1S/C11H11FN2O/c12-9-2-1-3-10(8(9)6-13)14-11(7-15)4-5-11/h1-3,14-15H,4-5,7H2. The van der Waals surface area contributed by atoms with Crippen molar-refractivity contribution in [1.29, 1.82) is 5.26 Å². The zero-order chi connectivity index (χ0) is 10.9. The zero-order valence-corrected chi connectivity index (χ0v) is 8.13. The summed E-state index contributed by atoms with van der Waals surface area (Å²) in [7, 11) is 0. The third-order valence-electron chi connectivity index (χ3n) is 2.68. The summed E-state index contributed by atoms with van der Waals surface area (Å²) in [6.45, 7) is 0.00832. The number of nitrogens with zero attached hydrogens (tertiary/aromatic N) is 1. The Bertz CT molecular complexity index is 421. The van der Waals surface area contributed by atoms with Gasteiger partial charge in [0.2, 0.25) is 0 Å². The number of aliphatic hydroxyl groups is 1. The molecule has 4 heteroatoms. The summed E-state index contributed by atoms with van der Waals surface area (Å²) in [6, 6.07) is 6.27. The highest BCUT2D eigenvalue weighted by Crippen LogP contribution is 2.39. The second kappa shape index (κ2) is 3.52. The lowest BCUT2D eigenvalue weighted by atomic mass is 10.1. The fraction of sp³-hybridized carbons (Fsp3) is 0.364. The number of rotatable bonds is 3. The molecule has 2 rings (SSSR count). The third kappa shape index (κ3) is 1.79. The number of benzene rings is 1. The molecule has 1 aliphatic carbocycles. The Morgan fingerprint density at radius 2 is 2.27 bits per heavy atom. The maximum atomic E-state index is 13.2. The van der Waals surface area contributed by atoms with Crippen molar-refractivity contribution >= 4 is 5.69 Å². The van der Waals surface area contributed by atoms with E-state index < -0.39 is 5.82 Å². The Labute approximate surface area is 87.2 Å². The maximum Gasteiger partial charge on any atom is 0.143 e. The van der Waals surface area contributed by atoms with Crippen molar-refractivity contribution in [2.75, 3.05) is 11.9 Å². The average molecular weight is 206 g/mol. The van der Waals surface area contributed by atoms with E-state index in [0.717, 1.165) is 12.8 Å². The molecule has 0 atom stereocenters. The van der Waals surface area contributed by atoms with Crippen molar-refractivity contribution < 1.29 is 9.50 Å². The van der Waals surface area contributed by atoms with E-state index in [1.165, 1.54) is 6.07 Å². The Morgan fingerprint density at radius 1 is 1.53 bits per heavy atom. The molecule has 3 nitrogen and oxygen atoms in total. The molecule has 0 unspecified atom stereocenters. The van der Waals surface area contributed by atoms with E-state index in [4.69, 9.17) is 10.4 Å². The minimum Gasteiger partial charge on any atom is -0.394 e. The highest BCUT2D eigenvalue weighted by molar-refractivity contribution is 5.60. The minimum atomic E-state index is -0.531. The van der Waals surface area contributed by atoms with Crippen LogP contribution in [0.15, 0.2) is 18.2 Å². The van der Waals surface area contributed by atoms with E-state index in [-0.39, 0.29) is 17.7 Å². The molecule has 0 saturated heterocycles. The number of nitrogens with one attached hydrogen (secondary N) is 1. The Morgan fingerprint density at radius 3 is 2.80 bits per heavy atom. The van der Waals surface area contributed by atoms with Crippen molar-refractivity contribution in [3.05, 3.63) is 29.6 Å².